The van der Waals surface area contributed by atoms with E-state index in [0.717, 1.165) is 51.4 Å². The van der Waals surface area contributed by atoms with Crippen LogP contribution in [0.2, 0.25) is 0 Å². The number of hydrogen-bond donors (Lipinski definition) is 2. The van der Waals surface area contributed by atoms with Gasteiger partial charge in [0.25, 0.3) is 0 Å². The highest BCUT2D eigenvalue weighted by molar-refractivity contribution is 5.31. The molecule has 0 bridgehead atoms. The zero-order valence-corrected chi connectivity index (χ0v) is 12.2. The third-order valence-corrected chi connectivity index (χ3v) is 3.96. The number of hydrogen-bond acceptors (Lipinski definition) is 4. The van der Waals surface area contributed by atoms with E-state index in [0.29, 0.717) is 12.4 Å². The number of anilines is 1. The van der Waals surface area contributed by atoms with Crippen molar-refractivity contribution in [3.05, 3.63) is 23.9 Å². The Kier molecular flexibility index (Phi) is 5.80. The molecule has 0 saturated heterocycles. The zero-order chi connectivity index (χ0) is 14.3. The van der Waals surface area contributed by atoms with Crippen molar-refractivity contribution in [2.45, 2.75) is 63.6 Å². The quantitative estimate of drug-likeness (QED) is 0.594. The molecule has 3 N–H and O–H groups in total. The van der Waals surface area contributed by atoms with Crippen LogP contribution in [0.5, 0.6) is 0 Å². The molecule has 1 saturated carbocycles. The molecule has 0 unspecified atom stereocenters. The molecule has 0 aromatic carbocycles. The van der Waals surface area contributed by atoms with Crippen molar-refractivity contribution in [3.8, 4) is 0 Å². The molecule has 0 amide bonds. The highest BCUT2D eigenvalue weighted by atomic mass is 16.6. The Balaban J connectivity index is 1.55. The summed E-state index contributed by atoms with van der Waals surface area (Å²) < 4.78 is 5.67. The van der Waals surface area contributed by atoms with Crippen LogP contribution in [-0.4, -0.2) is 22.5 Å². The van der Waals surface area contributed by atoms with Crippen molar-refractivity contribution >= 4 is 5.82 Å². The van der Waals surface area contributed by atoms with Crippen molar-refractivity contribution in [1.29, 1.82) is 0 Å². The second kappa shape index (κ2) is 7.60. The maximum Gasteiger partial charge on any atom is 0.165 e. The van der Waals surface area contributed by atoms with Crippen LogP contribution in [0.3, 0.4) is 0 Å². The number of nitrogens with two attached hydrogens (primary N) is 1. The Labute approximate surface area is 121 Å². The van der Waals surface area contributed by atoms with E-state index in [-0.39, 0.29) is 0 Å². The number of ether oxygens (including phenoxy) is 1. The molecule has 1 aliphatic carbocycles. The van der Waals surface area contributed by atoms with E-state index in [2.05, 4.69) is 4.98 Å². The summed E-state index contributed by atoms with van der Waals surface area (Å²) in [5, 5.41) is 10.2. The molecule has 0 radical (unpaired) electrons. The van der Waals surface area contributed by atoms with Crippen molar-refractivity contribution in [2.24, 2.45) is 0 Å². The predicted molar refractivity (Wildman–Crippen MR) is 80.2 cm³/mol. The lowest BCUT2D eigenvalue weighted by molar-refractivity contribution is -0.220. The lowest BCUT2D eigenvalue weighted by Crippen LogP contribution is -2.34. The average molecular weight is 278 g/mol. The second-order valence-corrected chi connectivity index (χ2v) is 5.75. The Hall–Kier alpha value is -1.13. The third kappa shape index (κ3) is 5.10. The summed E-state index contributed by atoms with van der Waals surface area (Å²) in [4.78, 5) is 3.99. The zero-order valence-electron chi connectivity index (χ0n) is 12.2. The van der Waals surface area contributed by atoms with Gasteiger partial charge in [0.2, 0.25) is 0 Å². The molecule has 1 aromatic rings. The van der Waals surface area contributed by atoms with Gasteiger partial charge >= 0.3 is 0 Å². The lowest BCUT2D eigenvalue weighted by Gasteiger charge is -2.31. The van der Waals surface area contributed by atoms with Gasteiger partial charge in [0.05, 0.1) is 6.61 Å². The first-order valence-corrected chi connectivity index (χ1v) is 7.75. The molecule has 2 rings (SSSR count). The minimum absolute atomic E-state index is 0.588. The Bertz CT molecular complexity index is 403. The molecule has 0 spiro atoms. The van der Waals surface area contributed by atoms with Crippen LogP contribution in [0.15, 0.2) is 18.3 Å². The molecule has 112 valence electrons. The van der Waals surface area contributed by atoms with Crippen LogP contribution in [0.4, 0.5) is 5.82 Å². The summed E-state index contributed by atoms with van der Waals surface area (Å²) in [7, 11) is 0. The van der Waals surface area contributed by atoms with E-state index < -0.39 is 5.79 Å². The van der Waals surface area contributed by atoms with Gasteiger partial charge in [-0.05, 0) is 49.8 Å². The Morgan fingerprint density at radius 1 is 1.20 bits per heavy atom. The summed E-state index contributed by atoms with van der Waals surface area (Å²) in [5.41, 5.74) is 6.89. The van der Waals surface area contributed by atoms with Gasteiger partial charge in [-0.3, -0.25) is 0 Å². The molecule has 4 heteroatoms. The van der Waals surface area contributed by atoms with Crippen molar-refractivity contribution in [1.82, 2.24) is 4.98 Å². The smallest absolute Gasteiger partial charge is 0.165 e. The van der Waals surface area contributed by atoms with Crippen LogP contribution in [0.1, 0.15) is 56.9 Å². The highest BCUT2D eigenvalue weighted by Crippen LogP contribution is 2.29. The summed E-state index contributed by atoms with van der Waals surface area (Å²) in [6, 6.07) is 3.94. The molecular weight excluding hydrogens is 252 g/mol. The van der Waals surface area contributed by atoms with E-state index in [1.54, 1.807) is 6.20 Å². The summed E-state index contributed by atoms with van der Waals surface area (Å²) >= 11 is 0. The SMILES string of the molecule is Nc1cc(CCCCCOC2(O)CCCCC2)ccn1. The summed E-state index contributed by atoms with van der Waals surface area (Å²) in [5.74, 6) is -0.247. The Morgan fingerprint density at radius 3 is 2.75 bits per heavy atom. The number of pyridine rings is 1. The maximum atomic E-state index is 10.2. The van der Waals surface area contributed by atoms with Crippen molar-refractivity contribution in [3.63, 3.8) is 0 Å². The number of nitrogens with zero attached hydrogens (tertiary/aromatic N) is 1. The molecular formula is C16H26N2O2. The van der Waals surface area contributed by atoms with Crippen LogP contribution in [0.25, 0.3) is 0 Å². The summed E-state index contributed by atoms with van der Waals surface area (Å²) in [6.07, 6.45) is 11.0. The summed E-state index contributed by atoms with van der Waals surface area (Å²) in [6.45, 7) is 0.662. The topological polar surface area (TPSA) is 68.4 Å². The first kappa shape index (κ1) is 15.3. The van der Waals surface area contributed by atoms with E-state index in [9.17, 15) is 5.11 Å². The number of nitrogen functional groups attached to an aromatic ring is 1. The number of rotatable bonds is 7. The highest BCUT2D eigenvalue weighted by Gasteiger charge is 2.29. The molecule has 20 heavy (non-hydrogen) atoms. The Morgan fingerprint density at radius 2 is 2.00 bits per heavy atom. The standard InChI is InChI=1S/C16H26N2O2/c17-15-13-14(8-11-18-15)7-3-1-6-12-20-16(19)9-4-2-5-10-16/h8,11,13,19H,1-7,9-10,12H2,(H2,17,18). The minimum atomic E-state index is -0.836. The number of unbranched alkanes of at least 4 members (excludes halogenated alkanes) is 2. The largest absolute Gasteiger partial charge is 0.384 e. The predicted octanol–water partition coefficient (Wildman–Crippen LogP) is 3.05. The van der Waals surface area contributed by atoms with E-state index in [1.165, 1.54) is 12.0 Å². The fourth-order valence-corrected chi connectivity index (χ4v) is 2.77. The van der Waals surface area contributed by atoms with Gasteiger partial charge in [0.1, 0.15) is 5.82 Å². The maximum absolute atomic E-state index is 10.2. The molecule has 1 fully saturated rings. The van der Waals surface area contributed by atoms with Gasteiger partial charge in [-0.1, -0.05) is 12.8 Å². The van der Waals surface area contributed by atoms with Crippen LogP contribution < -0.4 is 5.73 Å². The molecule has 4 nitrogen and oxygen atoms in total. The number of aromatic nitrogens is 1. The average Bonchev–Trinajstić information content (AvgIpc) is 2.43. The molecule has 1 heterocycles. The lowest BCUT2D eigenvalue weighted by atomic mass is 9.94. The van der Waals surface area contributed by atoms with Gasteiger partial charge in [-0.25, -0.2) is 4.98 Å². The van der Waals surface area contributed by atoms with E-state index >= 15 is 0 Å². The minimum Gasteiger partial charge on any atom is -0.384 e. The van der Waals surface area contributed by atoms with Crippen molar-refractivity contribution < 1.29 is 9.84 Å². The number of aryl methyl sites for hydroxylation is 1. The van der Waals surface area contributed by atoms with Crippen LogP contribution in [-0.2, 0) is 11.2 Å². The molecule has 1 aliphatic rings. The van der Waals surface area contributed by atoms with E-state index in [4.69, 9.17) is 10.5 Å². The third-order valence-electron chi connectivity index (χ3n) is 3.96. The monoisotopic (exact) mass is 278 g/mol. The molecule has 0 aliphatic heterocycles. The van der Waals surface area contributed by atoms with Crippen LogP contribution >= 0.6 is 0 Å². The van der Waals surface area contributed by atoms with Gasteiger partial charge in [0, 0.05) is 19.0 Å². The fourth-order valence-electron chi connectivity index (χ4n) is 2.77. The first-order chi connectivity index (χ1) is 9.68. The fraction of sp³-hybridized carbons (Fsp3) is 0.688. The first-order valence-electron chi connectivity index (χ1n) is 7.75. The number of aliphatic hydroxyl groups is 1. The van der Waals surface area contributed by atoms with Gasteiger partial charge < -0.3 is 15.6 Å². The van der Waals surface area contributed by atoms with Crippen LogP contribution in [0, 0.1) is 0 Å². The normalized spacial score (nSPS) is 18.1. The molecule has 0 atom stereocenters. The van der Waals surface area contributed by atoms with Crippen molar-refractivity contribution in [2.75, 3.05) is 12.3 Å². The van der Waals surface area contributed by atoms with Gasteiger partial charge in [-0.2, -0.15) is 0 Å². The molecule has 1 aromatic heterocycles. The van der Waals surface area contributed by atoms with Gasteiger partial charge in [0.15, 0.2) is 5.79 Å². The second-order valence-electron chi connectivity index (χ2n) is 5.75. The van der Waals surface area contributed by atoms with Gasteiger partial charge in [-0.15, -0.1) is 0 Å². The van der Waals surface area contributed by atoms with E-state index in [1.807, 2.05) is 12.1 Å².